The van der Waals surface area contributed by atoms with E-state index in [-0.39, 0.29) is 0 Å². The molecule has 3 rings (SSSR count). The Bertz CT molecular complexity index is 727. The average molecular weight is 283 g/mol. The minimum atomic E-state index is 0.770. The van der Waals surface area contributed by atoms with Crippen LogP contribution in [0.1, 0.15) is 19.2 Å². The van der Waals surface area contributed by atoms with Crippen LogP contribution in [-0.4, -0.2) is 20.7 Å². The highest BCUT2D eigenvalue weighted by Gasteiger charge is 2.04. The lowest BCUT2D eigenvalue weighted by Crippen LogP contribution is -2.07. The molecule has 2 aromatic heterocycles. The zero-order valence-electron chi connectivity index (χ0n) is 12.6. The highest BCUT2D eigenvalue weighted by atomic mass is 16.5. The third kappa shape index (κ3) is 2.94. The first-order chi connectivity index (χ1) is 10.3. The van der Waals surface area contributed by atoms with Gasteiger partial charge in [-0.2, -0.15) is 0 Å². The average Bonchev–Trinajstić information content (AvgIpc) is 3.08. The predicted molar refractivity (Wildman–Crippen MR) is 84.7 cm³/mol. The minimum absolute atomic E-state index is 0.770. The van der Waals surface area contributed by atoms with E-state index in [2.05, 4.69) is 51.5 Å². The van der Waals surface area contributed by atoms with Crippen LogP contribution in [0.2, 0.25) is 0 Å². The lowest BCUT2D eigenvalue weighted by Gasteiger charge is -2.09. The van der Waals surface area contributed by atoms with Gasteiger partial charge in [0.1, 0.15) is 11.6 Å². The van der Waals surface area contributed by atoms with Gasteiger partial charge in [-0.3, -0.25) is 0 Å². The molecule has 0 bridgehead atoms. The third-order valence-electron chi connectivity index (χ3n) is 3.72. The van der Waals surface area contributed by atoms with Crippen LogP contribution in [0, 0.1) is 6.92 Å². The first kappa shape index (κ1) is 13.7. The van der Waals surface area contributed by atoms with Gasteiger partial charge >= 0.3 is 0 Å². The largest absolute Gasteiger partial charge is 0.494 e. The van der Waals surface area contributed by atoms with Crippen LogP contribution in [0.25, 0.3) is 10.9 Å². The number of hydrogen-bond donors (Lipinski definition) is 0. The Labute approximate surface area is 125 Å². The van der Waals surface area contributed by atoms with Gasteiger partial charge in [0.05, 0.1) is 6.61 Å². The van der Waals surface area contributed by atoms with E-state index in [1.165, 1.54) is 10.9 Å². The van der Waals surface area contributed by atoms with E-state index in [4.69, 9.17) is 4.74 Å². The Morgan fingerprint density at radius 1 is 1.10 bits per heavy atom. The van der Waals surface area contributed by atoms with Crippen LogP contribution in [-0.2, 0) is 13.1 Å². The normalized spacial score (nSPS) is 11.1. The molecule has 3 aromatic rings. The summed E-state index contributed by atoms with van der Waals surface area (Å²) in [5, 5.41) is 1.23. The van der Waals surface area contributed by atoms with E-state index in [0.717, 1.165) is 37.7 Å². The number of hydrogen-bond acceptors (Lipinski definition) is 2. The van der Waals surface area contributed by atoms with Crippen molar-refractivity contribution in [2.75, 3.05) is 6.61 Å². The molecular weight excluding hydrogens is 262 g/mol. The van der Waals surface area contributed by atoms with Gasteiger partial charge < -0.3 is 13.9 Å². The molecule has 0 unspecified atom stereocenters. The molecule has 110 valence electrons. The summed E-state index contributed by atoms with van der Waals surface area (Å²) < 4.78 is 10.1. The maximum atomic E-state index is 5.69. The van der Waals surface area contributed by atoms with Crippen LogP contribution < -0.4 is 4.74 Å². The summed E-state index contributed by atoms with van der Waals surface area (Å²) in [4.78, 5) is 4.26. The Balaban J connectivity index is 1.76. The second-order valence-electron chi connectivity index (χ2n) is 5.25. The first-order valence-corrected chi connectivity index (χ1v) is 7.47. The third-order valence-corrected chi connectivity index (χ3v) is 3.72. The fourth-order valence-corrected chi connectivity index (χ4v) is 2.54. The van der Waals surface area contributed by atoms with E-state index in [0.29, 0.717) is 0 Å². The number of imidazole rings is 1. The fraction of sp³-hybridized carbons (Fsp3) is 0.353. The molecule has 0 aliphatic carbocycles. The molecule has 0 radical (unpaired) electrons. The van der Waals surface area contributed by atoms with Crippen molar-refractivity contribution in [2.24, 2.45) is 0 Å². The number of nitrogens with zero attached hydrogens (tertiary/aromatic N) is 3. The molecule has 0 spiro atoms. The number of rotatable bonds is 6. The van der Waals surface area contributed by atoms with Crippen LogP contribution in [0.4, 0.5) is 0 Å². The maximum absolute atomic E-state index is 5.69. The smallest absolute Gasteiger partial charge is 0.120 e. The van der Waals surface area contributed by atoms with Gasteiger partial charge in [0.25, 0.3) is 0 Å². The van der Waals surface area contributed by atoms with Crippen LogP contribution in [0.15, 0.2) is 42.9 Å². The molecular formula is C17H21N3O. The minimum Gasteiger partial charge on any atom is -0.494 e. The van der Waals surface area contributed by atoms with Gasteiger partial charge in [-0.15, -0.1) is 0 Å². The SMILES string of the molecule is CCCOc1ccc2c(ccn2CCn2ccnc2C)c1. The van der Waals surface area contributed by atoms with Gasteiger partial charge in [0, 0.05) is 42.6 Å². The van der Waals surface area contributed by atoms with Crippen molar-refractivity contribution in [3.8, 4) is 5.75 Å². The molecule has 4 nitrogen and oxygen atoms in total. The van der Waals surface area contributed by atoms with Crippen molar-refractivity contribution < 1.29 is 4.74 Å². The molecule has 0 atom stereocenters. The van der Waals surface area contributed by atoms with Crippen LogP contribution in [0.5, 0.6) is 5.75 Å². The molecule has 1 aromatic carbocycles. The van der Waals surface area contributed by atoms with Crippen molar-refractivity contribution in [3.05, 3.63) is 48.7 Å². The standard InChI is InChI=1S/C17H21N3O/c1-3-12-21-16-4-5-17-15(13-16)6-8-20(17)11-10-19-9-7-18-14(19)2/h4-9,13H,3,10-12H2,1-2H3. The van der Waals surface area contributed by atoms with Crippen LogP contribution >= 0.6 is 0 Å². The second kappa shape index (κ2) is 6.04. The van der Waals surface area contributed by atoms with Crippen molar-refractivity contribution in [1.82, 2.24) is 14.1 Å². The molecule has 4 heteroatoms. The Hall–Kier alpha value is -2.23. The molecule has 0 saturated carbocycles. The molecule has 0 fully saturated rings. The Kier molecular flexibility index (Phi) is 3.95. The highest BCUT2D eigenvalue weighted by Crippen LogP contribution is 2.22. The lowest BCUT2D eigenvalue weighted by atomic mass is 10.2. The number of ether oxygens (including phenoxy) is 1. The molecule has 2 heterocycles. The van der Waals surface area contributed by atoms with Crippen LogP contribution in [0.3, 0.4) is 0 Å². The van der Waals surface area contributed by atoms with E-state index in [9.17, 15) is 0 Å². The van der Waals surface area contributed by atoms with E-state index < -0.39 is 0 Å². The summed E-state index contributed by atoms with van der Waals surface area (Å²) in [5.74, 6) is 2.01. The van der Waals surface area contributed by atoms with Crippen molar-refractivity contribution in [1.29, 1.82) is 0 Å². The summed E-state index contributed by atoms with van der Waals surface area (Å²) in [7, 11) is 0. The van der Waals surface area contributed by atoms with Crippen molar-refractivity contribution >= 4 is 10.9 Å². The zero-order valence-corrected chi connectivity index (χ0v) is 12.6. The molecule has 0 N–H and O–H groups in total. The summed E-state index contributed by atoms with van der Waals surface area (Å²) >= 11 is 0. The number of aryl methyl sites for hydroxylation is 3. The van der Waals surface area contributed by atoms with E-state index >= 15 is 0 Å². The second-order valence-corrected chi connectivity index (χ2v) is 5.25. The Morgan fingerprint density at radius 2 is 1.95 bits per heavy atom. The monoisotopic (exact) mass is 283 g/mol. The number of fused-ring (bicyclic) bond motifs is 1. The zero-order chi connectivity index (χ0) is 14.7. The van der Waals surface area contributed by atoms with E-state index in [1.807, 2.05) is 19.3 Å². The summed E-state index contributed by atoms with van der Waals surface area (Å²) in [6, 6.07) is 8.46. The van der Waals surface area contributed by atoms with Gasteiger partial charge in [0.15, 0.2) is 0 Å². The fourth-order valence-electron chi connectivity index (χ4n) is 2.54. The van der Waals surface area contributed by atoms with E-state index in [1.54, 1.807) is 0 Å². The molecule has 21 heavy (non-hydrogen) atoms. The van der Waals surface area contributed by atoms with Gasteiger partial charge in [-0.1, -0.05) is 6.92 Å². The Morgan fingerprint density at radius 3 is 2.71 bits per heavy atom. The van der Waals surface area contributed by atoms with Gasteiger partial charge in [-0.05, 0) is 37.6 Å². The lowest BCUT2D eigenvalue weighted by molar-refractivity contribution is 0.318. The molecule has 0 aliphatic rings. The molecule has 0 aliphatic heterocycles. The van der Waals surface area contributed by atoms with Crippen molar-refractivity contribution in [2.45, 2.75) is 33.4 Å². The van der Waals surface area contributed by atoms with Gasteiger partial charge in [0.2, 0.25) is 0 Å². The summed E-state index contributed by atoms with van der Waals surface area (Å²) in [6.45, 7) is 6.80. The quantitative estimate of drug-likeness (QED) is 0.692. The number of aromatic nitrogens is 3. The predicted octanol–water partition coefficient (Wildman–Crippen LogP) is 3.64. The molecule has 0 amide bonds. The molecule has 0 saturated heterocycles. The highest BCUT2D eigenvalue weighted by molar-refractivity contribution is 5.81. The maximum Gasteiger partial charge on any atom is 0.120 e. The van der Waals surface area contributed by atoms with Crippen molar-refractivity contribution in [3.63, 3.8) is 0 Å². The first-order valence-electron chi connectivity index (χ1n) is 7.47. The number of benzene rings is 1. The van der Waals surface area contributed by atoms with Gasteiger partial charge in [-0.25, -0.2) is 4.98 Å². The summed E-state index contributed by atoms with van der Waals surface area (Å²) in [5.41, 5.74) is 1.25. The summed E-state index contributed by atoms with van der Waals surface area (Å²) in [6.07, 6.45) is 7.04. The topological polar surface area (TPSA) is 32.0 Å².